The minimum Gasteiger partial charge on any atom is -0.511 e. The highest BCUT2D eigenvalue weighted by molar-refractivity contribution is 6.24. The fraction of sp³-hybridized carbons (Fsp3) is 0.286. The number of nitrogens with zero attached hydrogens (tertiary/aromatic N) is 2. The summed E-state index contributed by atoms with van der Waals surface area (Å²) in [4.78, 5) is 30.2. The van der Waals surface area contributed by atoms with Crippen molar-refractivity contribution < 1.29 is 19.2 Å². The molecule has 5 rings (SSSR count). The third-order valence-electron chi connectivity index (χ3n) is 6.54. The highest BCUT2D eigenvalue weighted by atomic mass is 16.5. The maximum absolute atomic E-state index is 13.0. The standard InChI is InChI=1S/C28H26N2O4/c31-23-13-7-12-21(29-20-10-5-2-6-11-20)27(23)24(32)15-14-22-28-25(33)16-19(17-26(28)34-30-22)18-8-3-1-4-9-18/h1-6,8-11,19,32H,7,12-17H2. The zero-order chi connectivity index (χ0) is 23.5. The molecule has 1 unspecified atom stereocenters. The summed E-state index contributed by atoms with van der Waals surface area (Å²) in [7, 11) is 0. The zero-order valence-corrected chi connectivity index (χ0v) is 18.9. The molecule has 1 heterocycles. The number of ketones is 2. The average molecular weight is 455 g/mol. The van der Waals surface area contributed by atoms with Crippen LogP contribution in [0.1, 0.15) is 65.4 Å². The van der Waals surface area contributed by atoms with E-state index in [1.54, 1.807) is 0 Å². The molecule has 1 N–H and O–H groups in total. The van der Waals surface area contributed by atoms with Gasteiger partial charge in [-0.3, -0.25) is 14.6 Å². The van der Waals surface area contributed by atoms with Crippen LogP contribution in [-0.2, 0) is 17.6 Å². The van der Waals surface area contributed by atoms with Gasteiger partial charge in [0.15, 0.2) is 11.6 Å². The van der Waals surface area contributed by atoms with Crippen molar-refractivity contribution >= 4 is 23.0 Å². The van der Waals surface area contributed by atoms with Crippen LogP contribution in [0.15, 0.2) is 81.5 Å². The number of rotatable bonds is 5. The van der Waals surface area contributed by atoms with Crippen LogP contribution >= 0.6 is 0 Å². The second-order valence-electron chi connectivity index (χ2n) is 8.86. The Morgan fingerprint density at radius 2 is 1.71 bits per heavy atom. The number of aromatic nitrogens is 1. The lowest BCUT2D eigenvalue weighted by atomic mass is 9.81. The van der Waals surface area contributed by atoms with Gasteiger partial charge in [-0.15, -0.1) is 0 Å². The minimum absolute atomic E-state index is 0.00144. The van der Waals surface area contributed by atoms with Gasteiger partial charge in [0.05, 0.1) is 28.2 Å². The fourth-order valence-electron chi connectivity index (χ4n) is 4.86. The van der Waals surface area contributed by atoms with Crippen molar-refractivity contribution in [2.24, 2.45) is 4.99 Å². The summed E-state index contributed by atoms with van der Waals surface area (Å²) in [6, 6.07) is 19.4. The van der Waals surface area contributed by atoms with E-state index >= 15 is 0 Å². The maximum atomic E-state index is 13.0. The molecular weight excluding hydrogens is 428 g/mol. The van der Waals surface area contributed by atoms with Crippen molar-refractivity contribution in [3.63, 3.8) is 0 Å². The quantitative estimate of drug-likeness (QED) is 0.385. The Hall–Kier alpha value is -3.80. The van der Waals surface area contributed by atoms with Crippen molar-refractivity contribution in [1.29, 1.82) is 0 Å². The van der Waals surface area contributed by atoms with Crippen molar-refractivity contribution in [3.05, 3.63) is 94.6 Å². The molecule has 0 amide bonds. The van der Waals surface area contributed by atoms with E-state index in [4.69, 9.17) is 4.52 Å². The van der Waals surface area contributed by atoms with Gasteiger partial charge in [-0.1, -0.05) is 53.7 Å². The Labute approximate surface area is 198 Å². The van der Waals surface area contributed by atoms with Gasteiger partial charge >= 0.3 is 0 Å². The number of para-hydroxylation sites is 1. The summed E-state index contributed by atoms with van der Waals surface area (Å²) in [5, 5.41) is 15.0. The van der Waals surface area contributed by atoms with E-state index in [0.717, 1.165) is 17.7 Å². The van der Waals surface area contributed by atoms with Crippen molar-refractivity contribution in [2.75, 3.05) is 0 Å². The molecule has 3 aromatic rings. The molecule has 1 atom stereocenters. The Balaban J connectivity index is 1.36. The predicted octanol–water partition coefficient (Wildman–Crippen LogP) is 5.86. The van der Waals surface area contributed by atoms with Crippen molar-refractivity contribution in [2.45, 2.75) is 50.9 Å². The number of aliphatic hydroxyl groups excluding tert-OH is 1. The molecule has 2 aliphatic rings. The number of benzene rings is 2. The van der Waals surface area contributed by atoms with E-state index in [1.807, 2.05) is 60.7 Å². The molecule has 2 aliphatic carbocycles. The summed E-state index contributed by atoms with van der Waals surface area (Å²) in [5.41, 5.74) is 3.87. The van der Waals surface area contributed by atoms with E-state index in [-0.39, 0.29) is 29.7 Å². The smallest absolute Gasteiger partial charge is 0.168 e. The van der Waals surface area contributed by atoms with Crippen LogP contribution in [0.5, 0.6) is 0 Å². The summed E-state index contributed by atoms with van der Waals surface area (Å²) >= 11 is 0. The minimum atomic E-state index is -0.0950. The maximum Gasteiger partial charge on any atom is 0.168 e. The first kappa shape index (κ1) is 22.0. The summed E-state index contributed by atoms with van der Waals surface area (Å²) < 4.78 is 5.55. The average Bonchev–Trinajstić information content (AvgIpc) is 3.27. The van der Waals surface area contributed by atoms with Crippen LogP contribution in [0.3, 0.4) is 0 Å². The molecule has 6 nitrogen and oxygen atoms in total. The van der Waals surface area contributed by atoms with Crippen LogP contribution in [0.2, 0.25) is 0 Å². The van der Waals surface area contributed by atoms with Gasteiger partial charge < -0.3 is 9.63 Å². The molecule has 0 spiro atoms. The number of Topliss-reactive ketones (excluding diaryl/α,β-unsaturated/α-hetero) is 2. The van der Waals surface area contributed by atoms with Gasteiger partial charge in [-0.25, -0.2) is 0 Å². The van der Waals surface area contributed by atoms with E-state index in [0.29, 0.717) is 60.4 Å². The normalized spacial score (nSPS) is 20.9. The SMILES string of the molecule is O=C1CCCC(=Nc2ccccc2)C1=C(O)CCc1noc2c1C(=O)CC(c1ccccc1)C2. The highest BCUT2D eigenvalue weighted by Gasteiger charge is 2.33. The topological polar surface area (TPSA) is 92.8 Å². The molecule has 34 heavy (non-hydrogen) atoms. The lowest BCUT2D eigenvalue weighted by molar-refractivity contribution is -0.115. The third-order valence-corrected chi connectivity index (χ3v) is 6.54. The largest absolute Gasteiger partial charge is 0.511 e. The van der Waals surface area contributed by atoms with E-state index in [1.165, 1.54) is 0 Å². The molecular formula is C28H26N2O4. The number of aryl methyl sites for hydroxylation is 1. The number of aliphatic imine (C=N–C) groups is 1. The fourth-order valence-corrected chi connectivity index (χ4v) is 4.86. The molecule has 1 saturated carbocycles. The number of fused-ring (bicyclic) bond motifs is 1. The van der Waals surface area contributed by atoms with Gasteiger partial charge in [0.25, 0.3) is 0 Å². The highest BCUT2D eigenvalue weighted by Crippen LogP contribution is 2.35. The van der Waals surface area contributed by atoms with E-state index < -0.39 is 0 Å². The molecule has 172 valence electrons. The van der Waals surface area contributed by atoms with Gasteiger partial charge in [0, 0.05) is 32.1 Å². The summed E-state index contributed by atoms with van der Waals surface area (Å²) in [6.45, 7) is 0. The molecule has 0 saturated heterocycles. The molecule has 1 aromatic heterocycles. The number of hydrogen-bond acceptors (Lipinski definition) is 6. The lowest BCUT2D eigenvalue weighted by Gasteiger charge is -2.20. The Morgan fingerprint density at radius 1 is 0.971 bits per heavy atom. The molecule has 0 radical (unpaired) electrons. The van der Waals surface area contributed by atoms with Crippen LogP contribution in [0.4, 0.5) is 5.69 Å². The molecule has 6 heteroatoms. The number of hydrogen-bond donors (Lipinski definition) is 1. The first-order valence-corrected chi connectivity index (χ1v) is 11.7. The monoisotopic (exact) mass is 454 g/mol. The Bertz CT molecular complexity index is 1270. The number of allylic oxidation sites excluding steroid dienone is 2. The van der Waals surface area contributed by atoms with Crippen molar-refractivity contribution in [3.8, 4) is 0 Å². The van der Waals surface area contributed by atoms with Gasteiger partial charge in [0.1, 0.15) is 11.5 Å². The first-order valence-electron chi connectivity index (χ1n) is 11.7. The van der Waals surface area contributed by atoms with E-state index in [2.05, 4.69) is 10.1 Å². The summed E-state index contributed by atoms with van der Waals surface area (Å²) in [6.07, 6.45) is 3.30. The Kier molecular flexibility index (Phi) is 6.21. The lowest BCUT2D eigenvalue weighted by Crippen LogP contribution is -2.21. The van der Waals surface area contributed by atoms with Gasteiger partial charge in [0.2, 0.25) is 0 Å². The van der Waals surface area contributed by atoms with Crippen LogP contribution in [-0.4, -0.2) is 27.5 Å². The molecule has 2 aromatic carbocycles. The summed E-state index contributed by atoms with van der Waals surface area (Å²) in [5.74, 6) is 0.601. The third kappa shape index (κ3) is 4.49. The number of aliphatic hydroxyl groups is 1. The number of carbonyl (C=O) groups is 2. The van der Waals surface area contributed by atoms with Crippen LogP contribution in [0.25, 0.3) is 0 Å². The van der Waals surface area contributed by atoms with Crippen LogP contribution in [0, 0.1) is 0 Å². The van der Waals surface area contributed by atoms with Gasteiger partial charge in [-0.2, -0.15) is 0 Å². The van der Waals surface area contributed by atoms with Gasteiger partial charge in [-0.05, 0) is 36.5 Å². The Morgan fingerprint density at radius 3 is 2.47 bits per heavy atom. The second kappa shape index (κ2) is 9.59. The second-order valence-corrected chi connectivity index (χ2v) is 8.86. The first-order chi connectivity index (χ1) is 16.6. The predicted molar refractivity (Wildman–Crippen MR) is 129 cm³/mol. The van der Waals surface area contributed by atoms with E-state index in [9.17, 15) is 14.7 Å². The van der Waals surface area contributed by atoms with Crippen molar-refractivity contribution in [1.82, 2.24) is 5.16 Å². The molecule has 1 fully saturated rings. The van der Waals surface area contributed by atoms with Crippen LogP contribution < -0.4 is 0 Å². The zero-order valence-electron chi connectivity index (χ0n) is 18.9. The molecule has 0 aliphatic heterocycles. The number of carbonyl (C=O) groups excluding carboxylic acids is 2. The molecule has 0 bridgehead atoms.